The van der Waals surface area contributed by atoms with Crippen molar-refractivity contribution in [3.63, 3.8) is 0 Å². The highest BCUT2D eigenvalue weighted by Gasteiger charge is 2.29. The largest absolute Gasteiger partial charge is 0.398 e. The highest BCUT2D eigenvalue weighted by molar-refractivity contribution is 5.99. The fourth-order valence-electron chi connectivity index (χ4n) is 2.28. The molecule has 0 aliphatic carbocycles. The first kappa shape index (κ1) is 18.1. The van der Waals surface area contributed by atoms with E-state index in [9.17, 15) is 4.79 Å². The summed E-state index contributed by atoms with van der Waals surface area (Å²) in [5.41, 5.74) is 7.90. The van der Waals surface area contributed by atoms with Crippen molar-refractivity contribution >= 4 is 24.0 Å². The van der Waals surface area contributed by atoms with Gasteiger partial charge in [0.05, 0.1) is 5.56 Å². The molecule has 0 spiro atoms. The molecule has 1 unspecified atom stereocenters. The summed E-state index contributed by atoms with van der Waals surface area (Å²) in [6, 6.07) is 17.3. The van der Waals surface area contributed by atoms with Gasteiger partial charge in [-0.25, -0.2) is 0 Å². The molecule has 0 fully saturated rings. The van der Waals surface area contributed by atoms with Gasteiger partial charge in [0.2, 0.25) is 0 Å². The molecular formula is C18H23ClN2O. The van der Waals surface area contributed by atoms with Crippen LogP contribution in [0.3, 0.4) is 0 Å². The quantitative estimate of drug-likeness (QED) is 0.843. The van der Waals surface area contributed by atoms with Crippen LogP contribution in [0, 0.1) is 0 Å². The molecule has 2 rings (SSSR count). The van der Waals surface area contributed by atoms with E-state index in [0.29, 0.717) is 11.3 Å². The van der Waals surface area contributed by atoms with Crippen LogP contribution >= 0.6 is 12.4 Å². The number of para-hydroxylation sites is 1. The Kier molecular flexibility index (Phi) is 6.01. The fourth-order valence-corrected chi connectivity index (χ4v) is 2.28. The molecule has 3 N–H and O–H groups in total. The van der Waals surface area contributed by atoms with Gasteiger partial charge in [-0.1, -0.05) is 56.3 Å². The lowest BCUT2D eigenvalue weighted by atomic mass is 9.78. The number of amides is 1. The van der Waals surface area contributed by atoms with Gasteiger partial charge < -0.3 is 11.1 Å². The van der Waals surface area contributed by atoms with Crippen molar-refractivity contribution in [3.8, 4) is 0 Å². The number of halogens is 1. The lowest BCUT2D eigenvalue weighted by Crippen LogP contribution is -2.45. The standard InChI is InChI=1S/C18H22N2O.ClH/c1-13(18(2,3)14-9-5-4-6-10-14)20-17(21)15-11-7-8-12-16(15)19;/h4-13H,19H2,1-3H3,(H,20,21);1H. The molecule has 0 heterocycles. The average Bonchev–Trinajstić information content (AvgIpc) is 2.48. The molecule has 1 amide bonds. The highest BCUT2D eigenvalue weighted by Crippen LogP contribution is 2.27. The number of carbonyl (C=O) groups is 1. The predicted octanol–water partition coefficient (Wildman–Crippen LogP) is 3.79. The molecule has 0 saturated heterocycles. The zero-order chi connectivity index (χ0) is 15.5. The van der Waals surface area contributed by atoms with Gasteiger partial charge in [0.15, 0.2) is 0 Å². The second-order valence-corrected chi connectivity index (χ2v) is 5.87. The minimum Gasteiger partial charge on any atom is -0.398 e. The van der Waals surface area contributed by atoms with Crippen molar-refractivity contribution in [1.82, 2.24) is 5.32 Å². The minimum atomic E-state index is -0.166. The summed E-state index contributed by atoms with van der Waals surface area (Å²) < 4.78 is 0. The van der Waals surface area contributed by atoms with Crippen LogP contribution in [0.2, 0.25) is 0 Å². The van der Waals surface area contributed by atoms with Crippen LogP contribution in [0.5, 0.6) is 0 Å². The maximum Gasteiger partial charge on any atom is 0.253 e. The third-order valence-corrected chi connectivity index (χ3v) is 4.15. The average molecular weight is 319 g/mol. The van der Waals surface area contributed by atoms with Gasteiger partial charge in [-0.2, -0.15) is 0 Å². The van der Waals surface area contributed by atoms with E-state index in [0.717, 1.165) is 0 Å². The first-order chi connectivity index (χ1) is 9.93. The Balaban J connectivity index is 0.00000242. The van der Waals surface area contributed by atoms with Crippen LogP contribution in [0.15, 0.2) is 54.6 Å². The SMILES string of the molecule is CC(NC(=O)c1ccccc1N)C(C)(C)c1ccccc1.Cl. The van der Waals surface area contributed by atoms with Crippen molar-refractivity contribution in [2.75, 3.05) is 5.73 Å². The van der Waals surface area contributed by atoms with E-state index >= 15 is 0 Å². The van der Waals surface area contributed by atoms with E-state index in [1.165, 1.54) is 5.56 Å². The number of nitrogens with two attached hydrogens (primary N) is 1. The molecule has 118 valence electrons. The van der Waals surface area contributed by atoms with Gasteiger partial charge in [-0.05, 0) is 24.6 Å². The van der Waals surface area contributed by atoms with Crippen LogP contribution in [0.25, 0.3) is 0 Å². The van der Waals surface area contributed by atoms with E-state index in [-0.39, 0.29) is 29.8 Å². The van der Waals surface area contributed by atoms with Crippen LogP contribution < -0.4 is 11.1 Å². The molecule has 0 aromatic heterocycles. The molecule has 2 aromatic rings. The molecule has 2 aromatic carbocycles. The minimum absolute atomic E-state index is 0. The van der Waals surface area contributed by atoms with Crippen molar-refractivity contribution in [3.05, 3.63) is 65.7 Å². The zero-order valence-corrected chi connectivity index (χ0v) is 14.0. The lowest BCUT2D eigenvalue weighted by molar-refractivity contribution is 0.0925. The van der Waals surface area contributed by atoms with Gasteiger partial charge >= 0.3 is 0 Å². The smallest absolute Gasteiger partial charge is 0.253 e. The second kappa shape index (κ2) is 7.32. The van der Waals surface area contributed by atoms with Crippen LogP contribution in [0.4, 0.5) is 5.69 Å². The summed E-state index contributed by atoms with van der Waals surface area (Å²) in [7, 11) is 0. The Labute approximate surface area is 138 Å². The maximum absolute atomic E-state index is 12.4. The molecule has 0 bridgehead atoms. The van der Waals surface area contributed by atoms with E-state index in [4.69, 9.17) is 5.73 Å². The molecule has 0 aliphatic heterocycles. The third kappa shape index (κ3) is 3.80. The van der Waals surface area contributed by atoms with Crippen molar-refractivity contribution in [2.45, 2.75) is 32.2 Å². The van der Waals surface area contributed by atoms with Gasteiger partial charge in [0.25, 0.3) is 5.91 Å². The summed E-state index contributed by atoms with van der Waals surface area (Å²) in [5.74, 6) is -0.135. The van der Waals surface area contributed by atoms with Crippen molar-refractivity contribution < 1.29 is 4.79 Å². The molecule has 0 aliphatic rings. The normalized spacial score (nSPS) is 12.1. The van der Waals surface area contributed by atoms with Crippen LogP contribution in [-0.4, -0.2) is 11.9 Å². The highest BCUT2D eigenvalue weighted by atomic mass is 35.5. The van der Waals surface area contributed by atoms with Gasteiger partial charge in [0, 0.05) is 17.1 Å². The monoisotopic (exact) mass is 318 g/mol. The lowest BCUT2D eigenvalue weighted by Gasteiger charge is -2.33. The third-order valence-electron chi connectivity index (χ3n) is 4.15. The Bertz CT molecular complexity index is 626. The number of hydrogen-bond acceptors (Lipinski definition) is 2. The Morgan fingerprint density at radius 1 is 1.05 bits per heavy atom. The van der Waals surface area contributed by atoms with Gasteiger partial charge in [-0.3, -0.25) is 4.79 Å². The predicted molar refractivity (Wildman–Crippen MR) is 94.5 cm³/mol. The first-order valence-corrected chi connectivity index (χ1v) is 7.14. The van der Waals surface area contributed by atoms with E-state index in [1.807, 2.05) is 37.3 Å². The van der Waals surface area contributed by atoms with E-state index in [2.05, 4.69) is 31.3 Å². The summed E-state index contributed by atoms with van der Waals surface area (Å²) in [6.45, 7) is 6.27. The zero-order valence-electron chi connectivity index (χ0n) is 13.2. The summed E-state index contributed by atoms with van der Waals surface area (Å²) in [5, 5.41) is 3.06. The Hall–Kier alpha value is -2.00. The summed E-state index contributed by atoms with van der Waals surface area (Å²) in [6.07, 6.45) is 0. The van der Waals surface area contributed by atoms with E-state index in [1.54, 1.807) is 12.1 Å². The van der Waals surface area contributed by atoms with Gasteiger partial charge in [0.1, 0.15) is 0 Å². The van der Waals surface area contributed by atoms with E-state index < -0.39 is 0 Å². The number of anilines is 1. The fraction of sp³-hybridized carbons (Fsp3) is 0.278. The summed E-state index contributed by atoms with van der Waals surface area (Å²) in [4.78, 5) is 12.4. The second-order valence-electron chi connectivity index (χ2n) is 5.87. The van der Waals surface area contributed by atoms with Gasteiger partial charge in [-0.15, -0.1) is 12.4 Å². The number of nitrogen functional groups attached to an aromatic ring is 1. The molecule has 4 heteroatoms. The Morgan fingerprint density at radius 3 is 2.18 bits per heavy atom. The van der Waals surface area contributed by atoms with Crippen molar-refractivity contribution in [2.24, 2.45) is 0 Å². The van der Waals surface area contributed by atoms with Crippen LogP contribution in [0.1, 0.15) is 36.7 Å². The number of nitrogens with one attached hydrogen (secondary N) is 1. The first-order valence-electron chi connectivity index (χ1n) is 7.14. The number of rotatable bonds is 4. The molecule has 1 atom stereocenters. The topological polar surface area (TPSA) is 55.1 Å². The molecular weight excluding hydrogens is 296 g/mol. The number of carbonyl (C=O) groups excluding carboxylic acids is 1. The molecule has 22 heavy (non-hydrogen) atoms. The maximum atomic E-state index is 12.4. The number of benzene rings is 2. The van der Waals surface area contributed by atoms with Crippen LogP contribution in [-0.2, 0) is 5.41 Å². The number of hydrogen-bond donors (Lipinski definition) is 2. The van der Waals surface area contributed by atoms with Crippen molar-refractivity contribution in [1.29, 1.82) is 0 Å². The summed E-state index contributed by atoms with van der Waals surface area (Å²) >= 11 is 0. The molecule has 3 nitrogen and oxygen atoms in total. The Morgan fingerprint density at radius 2 is 1.59 bits per heavy atom. The molecule has 0 radical (unpaired) electrons. The molecule has 0 saturated carbocycles.